The lowest BCUT2D eigenvalue weighted by atomic mass is 10.1. The Morgan fingerprint density at radius 3 is 2.95 bits per heavy atom. The van der Waals surface area contributed by atoms with Crippen molar-refractivity contribution in [3.05, 3.63) is 42.5 Å². The topological polar surface area (TPSA) is 48.3 Å². The summed E-state index contributed by atoms with van der Waals surface area (Å²) >= 11 is 0. The number of imidazole rings is 1. The van der Waals surface area contributed by atoms with Crippen molar-refractivity contribution < 1.29 is 9.47 Å². The summed E-state index contributed by atoms with van der Waals surface area (Å²) in [5.74, 6) is 1.70. The molecular weight excluding hydrogens is 266 g/mol. The number of fused-ring (bicyclic) bond motifs is 1. The summed E-state index contributed by atoms with van der Waals surface area (Å²) in [7, 11) is 0. The second kappa shape index (κ2) is 6.63. The highest BCUT2D eigenvalue weighted by Gasteiger charge is 2.13. The minimum absolute atomic E-state index is 0.269. The average Bonchev–Trinajstić information content (AvgIpc) is 2.90. The monoisotopic (exact) mass is 287 g/mol. The molecule has 0 spiro atoms. The van der Waals surface area contributed by atoms with E-state index >= 15 is 0 Å². The number of benzene rings is 1. The number of rotatable bonds is 5. The molecule has 1 aliphatic heterocycles. The van der Waals surface area contributed by atoms with E-state index in [-0.39, 0.29) is 6.04 Å². The maximum Gasteiger partial charge on any atom is 0.161 e. The number of hydrogen-bond donors (Lipinski definition) is 1. The molecule has 21 heavy (non-hydrogen) atoms. The van der Waals surface area contributed by atoms with Crippen LogP contribution in [0.25, 0.3) is 0 Å². The molecule has 1 unspecified atom stereocenters. The highest BCUT2D eigenvalue weighted by atomic mass is 16.5. The van der Waals surface area contributed by atoms with Gasteiger partial charge in [-0.1, -0.05) is 6.07 Å². The van der Waals surface area contributed by atoms with Crippen LogP contribution in [0.1, 0.15) is 24.9 Å². The lowest BCUT2D eigenvalue weighted by Crippen LogP contribution is -2.23. The maximum atomic E-state index is 5.74. The minimum atomic E-state index is 0.269. The van der Waals surface area contributed by atoms with Crippen molar-refractivity contribution in [1.82, 2.24) is 14.9 Å². The van der Waals surface area contributed by atoms with Gasteiger partial charge in [0.05, 0.1) is 19.5 Å². The molecule has 1 aliphatic rings. The van der Waals surface area contributed by atoms with Crippen molar-refractivity contribution in [2.45, 2.75) is 25.9 Å². The van der Waals surface area contributed by atoms with Gasteiger partial charge in [-0.05, 0) is 24.6 Å². The first-order valence-corrected chi connectivity index (χ1v) is 7.41. The van der Waals surface area contributed by atoms with Crippen LogP contribution in [0.2, 0.25) is 0 Å². The molecule has 1 N–H and O–H groups in total. The summed E-state index contributed by atoms with van der Waals surface area (Å²) < 4.78 is 13.5. The second-order valence-corrected chi connectivity index (χ2v) is 5.23. The predicted octanol–water partition coefficient (Wildman–Crippen LogP) is 2.40. The summed E-state index contributed by atoms with van der Waals surface area (Å²) in [5.41, 5.74) is 1.21. The third-order valence-corrected chi connectivity index (χ3v) is 3.65. The van der Waals surface area contributed by atoms with Gasteiger partial charge >= 0.3 is 0 Å². The van der Waals surface area contributed by atoms with Gasteiger partial charge in [0.25, 0.3) is 0 Å². The lowest BCUT2D eigenvalue weighted by Gasteiger charge is -2.16. The van der Waals surface area contributed by atoms with E-state index < -0.39 is 0 Å². The fourth-order valence-electron chi connectivity index (χ4n) is 2.40. The molecule has 0 fully saturated rings. The quantitative estimate of drug-likeness (QED) is 0.917. The van der Waals surface area contributed by atoms with E-state index in [0.717, 1.165) is 44.2 Å². The minimum Gasteiger partial charge on any atom is -0.490 e. The Balaban J connectivity index is 1.59. The zero-order valence-electron chi connectivity index (χ0n) is 12.3. The fourth-order valence-corrected chi connectivity index (χ4v) is 2.40. The molecule has 0 radical (unpaired) electrons. The number of ether oxygens (including phenoxy) is 2. The molecule has 2 aromatic rings. The standard InChI is InChI=1S/C16H21N3O2/c1-13(18-6-8-19-7-5-17-12-19)14-3-4-15-16(11-14)21-10-2-9-20-15/h3-5,7,11-13,18H,2,6,8-10H2,1H3. The van der Waals surface area contributed by atoms with E-state index in [0.29, 0.717) is 0 Å². The smallest absolute Gasteiger partial charge is 0.161 e. The molecule has 0 aliphatic carbocycles. The van der Waals surface area contributed by atoms with E-state index in [9.17, 15) is 0 Å². The molecule has 0 amide bonds. The van der Waals surface area contributed by atoms with Gasteiger partial charge in [-0.25, -0.2) is 4.98 Å². The molecule has 1 aromatic carbocycles. The molecule has 0 saturated heterocycles. The number of nitrogens with zero attached hydrogens (tertiary/aromatic N) is 2. The van der Waals surface area contributed by atoms with Gasteiger partial charge in [0, 0.05) is 37.9 Å². The Kier molecular flexibility index (Phi) is 4.40. The van der Waals surface area contributed by atoms with Gasteiger partial charge in [-0.15, -0.1) is 0 Å². The number of hydrogen-bond acceptors (Lipinski definition) is 4. The summed E-state index contributed by atoms with van der Waals surface area (Å²) in [6, 6.07) is 6.45. The molecule has 3 rings (SSSR count). The van der Waals surface area contributed by atoms with Crippen molar-refractivity contribution >= 4 is 0 Å². The molecule has 2 heterocycles. The van der Waals surface area contributed by atoms with Crippen LogP contribution in [0, 0.1) is 0 Å². The molecule has 0 saturated carbocycles. The zero-order valence-corrected chi connectivity index (χ0v) is 12.3. The maximum absolute atomic E-state index is 5.74. The van der Waals surface area contributed by atoms with Gasteiger partial charge in [-0.2, -0.15) is 0 Å². The highest BCUT2D eigenvalue weighted by molar-refractivity contribution is 5.44. The van der Waals surface area contributed by atoms with Crippen molar-refractivity contribution in [3.8, 4) is 11.5 Å². The molecule has 112 valence electrons. The van der Waals surface area contributed by atoms with Crippen molar-refractivity contribution in [3.63, 3.8) is 0 Å². The molecule has 1 aromatic heterocycles. The van der Waals surface area contributed by atoms with Crippen LogP contribution in [-0.2, 0) is 6.54 Å². The van der Waals surface area contributed by atoms with Crippen molar-refractivity contribution in [2.75, 3.05) is 19.8 Å². The third-order valence-electron chi connectivity index (χ3n) is 3.65. The first-order chi connectivity index (χ1) is 10.3. The van der Waals surface area contributed by atoms with Crippen LogP contribution in [0.5, 0.6) is 11.5 Å². The lowest BCUT2D eigenvalue weighted by molar-refractivity contribution is 0.297. The summed E-state index contributed by atoms with van der Waals surface area (Å²) in [4.78, 5) is 4.04. The molecule has 1 atom stereocenters. The Morgan fingerprint density at radius 1 is 1.29 bits per heavy atom. The van der Waals surface area contributed by atoms with Crippen molar-refractivity contribution in [2.24, 2.45) is 0 Å². The van der Waals surface area contributed by atoms with Gasteiger partial charge in [0.15, 0.2) is 11.5 Å². The normalized spacial score (nSPS) is 15.5. The Hall–Kier alpha value is -2.01. The van der Waals surface area contributed by atoms with Crippen LogP contribution in [0.3, 0.4) is 0 Å². The van der Waals surface area contributed by atoms with Crippen molar-refractivity contribution in [1.29, 1.82) is 0 Å². The van der Waals surface area contributed by atoms with Crippen LogP contribution >= 0.6 is 0 Å². The molecular formula is C16H21N3O2. The summed E-state index contributed by atoms with van der Waals surface area (Å²) in [6.07, 6.45) is 6.54. The SMILES string of the molecule is CC(NCCn1ccnc1)c1ccc2c(c1)OCCCO2. The van der Waals surface area contributed by atoms with Gasteiger partial charge in [0.2, 0.25) is 0 Å². The number of nitrogens with one attached hydrogen (secondary N) is 1. The average molecular weight is 287 g/mol. The van der Waals surface area contributed by atoms with E-state index in [1.165, 1.54) is 5.56 Å². The Morgan fingerprint density at radius 2 is 2.14 bits per heavy atom. The van der Waals surface area contributed by atoms with Crippen LogP contribution in [0.4, 0.5) is 0 Å². The van der Waals surface area contributed by atoms with Crippen LogP contribution < -0.4 is 14.8 Å². The van der Waals surface area contributed by atoms with E-state index in [2.05, 4.69) is 33.9 Å². The fraction of sp³-hybridized carbons (Fsp3) is 0.438. The second-order valence-electron chi connectivity index (χ2n) is 5.23. The molecule has 0 bridgehead atoms. The summed E-state index contributed by atoms with van der Waals surface area (Å²) in [6.45, 7) is 5.41. The predicted molar refractivity (Wildman–Crippen MR) is 80.7 cm³/mol. The Labute approximate surface area is 124 Å². The first-order valence-electron chi connectivity index (χ1n) is 7.41. The van der Waals surface area contributed by atoms with Crippen LogP contribution in [-0.4, -0.2) is 29.3 Å². The zero-order chi connectivity index (χ0) is 14.5. The number of aromatic nitrogens is 2. The van der Waals surface area contributed by atoms with Gasteiger partial charge < -0.3 is 19.4 Å². The van der Waals surface area contributed by atoms with E-state index in [1.54, 1.807) is 6.20 Å². The largest absolute Gasteiger partial charge is 0.490 e. The van der Waals surface area contributed by atoms with Gasteiger partial charge in [0.1, 0.15) is 0 Å². The van der Waals surface area contributed by atoms with E-state index in [1.807, 2.05) is 18.6 Å². The first kappa shape index (κ1) is 13.9. The van der Waals surface area contributed by atoms with Crippen LogP contribution in [0.15, 0.2) is 36.9 Å². The van der Waals surface area contributed by atoms with Gasteiger partial charge in [-0.3, -0.25) is 0 Å². The highest BCUT2D eigenvalue weighted by Crippen LogP contribution is 2.32. The third kappa shape index (κ3) is 3.55. The van der Waals surface area contributed by atoms with E-state index in [4.69, 9.17) is 9.47 Å². The Bertz CT molecular complexity index is 569. The molecule has 5 heteroatoms. The summed E-state index contributed by atoms with van der Waals surface area (Å²) in [5, 5.41) is 3.51. The molecule has 5 nitrogen and oxygen atoms in total.